The Morgan fingerprint density at radius 3 is 2.38 bits per heavy atom. The van der Waals surface area contributed by atoms with Gasteiger partial charge in [-0.15, -0.1) is 11.8 Å². The van der Waals surface area contributed by atoms with Crippen molar-refractivity contribution in [1.82, 2.24) is 9.78 Å². The number of methoxy groups -OCH3 is 2. The summed E-state index contributed by atoms with van der Waals surface area (Å²) in [6.07, 6.45) is 3.75. The van der Waals surface area contributed by atoms with Gasteiger partial charge in [0.05, 0.1) is 25.5 Å². The molecular formula is C25H23N3O3S. The van der Waals surface area contributed by atoms with Crippen LogP contribution in [0.4, 0.5) is 5.69 Å². The van der Waals surface area contributed by atoms with E-state index >= 15 is 0 Å². The maximum atomic E-state index is 13.3. The standard InChI is InChI=1S/C25H23N3O3S/c1-30-19-11-14-21(23(15-19)31-2)24-22(16-28(27-24)18-7-5-4-6-8-18)25(29)26-17-9-12-20(32-3)13-10-17/h4-16H,1-3H3,(H,26,29). The molecule has 1 heterocycles. The minimum absolute atomic E-state index is 0.253. The molecule has 0 spiro atoms. The normalized spacial score (nSPS) is 10.6. The number of anilines is 1. The highest BCUT2D eigenvalue weighted by Gasteiger charge is 2.22. The Morgan fingerprint density at radius 2 is 1.72 bits per heavy atom. The van der Waals surface area contributed by atoms with E-state index in [9.17, 15) is 4.79 Å². The van der Waals surface area contributed by atoms with Gasteiger partial charge in [0.25, 0.3) is 5.91 Å². The number of amides is 1. The summed E-state index contributed by atoms with van der Waals surface area (Å²) >= 11 is 1.65. The lowest BCUT2D eigenvalue weighted by Crippen LogP contribution is -2.12. The predicted octanol–water partition coefficient (Wildman–Crippen LogP) is 5.53. The molecule has 0 saturated heterocycles. The first kappa shape index (κ1) is 21.5. The molecule has 32 heavy (non-hydrogen) atoms. The van der Waals surface area contributed by atoms with Crippen LogP contribution >= 0.6 is 11.8 Å². The smallest absolute Gasteiger partial charge is 0.259 e. The van der Waals surface area contributed by atoms with Crippen LogP contribution in [0, 0.1) is 0 Å². The van der Waals surface area contributed by atoms with Crippen LogP contribution in [0.3, 0.4) is 0 Å². The Labute approximate surface area is 191 Å². The molecule has 4 aromatic rings. The lowest BCUT2D eigenvalue weighted by molar-refractivity contribution is 0.102. The molecule has 0 unspecified atom stereocenters. The lowest BCUT2D eigenvalue weighted by Gasteiger charge is -2.10. The van der Waals surface area contributed by atoms with E-state index in [1.807, 2.05) is 73.0 Å². The summed E-state index contributed by atoms with van der Waals surface area (Å²) in [6, 6.07) is 22.8. The van der Waals surface area contributed by atoms with Crippen molar-refractivity contribution in [2.24, 2.45) is 0 Å². The predicted molar refractivity (Wildman–Crippen MR) is 128 cm³/mol. The van der Waals surface area contributed by atoms with Gasteiger partial charge in [-0.1, -0.05) is 18.2 Å². The number of benzene rings is 3. The molecule has 162 valence electrons. The summed E-state index contributed by atoms with van der Waals surface area (Å²) < 4.78 is 12.6. The Morgan fingerprint density at radius 1 is 0.969 bits per heavy atom. The second-order valence-electron chi connectivity index (χ2n) is 6.92. The van der Waals surface area contributed by atoms with Gasteiger partial charge in [-0.3, -0.25) is 4.79 Å². The summed E-state index contributed by atoms with van der Waals surface area (Å²) in [4.78, 5) is 14.4. The number of para-hydroxylation sites is 1. The fraction of sp³-hybridized carbons (Fsp3) is 0.120. The Hall–Kier alpha value is -3.71. The van der Waals surface area contributed by atoms with Gasteiger partial charge in [-0.05, 0) is 54.8 Å². The van der Waals surface area contributed by atoms with E-state index in [1.54, 1.807) is 42.9 Å². The molecule has 0 radical (unpaired) electrons. The van der Waals surface area contributed by atoms with Gasteiger partial charge < -0.3 is 14.8 Å². The van der Waals surface area contributed by atoms with E-state index in [0.717, 1.165) is 10.6 Å². The van der Waals surface area contributed by atoms with Gasteiger partial charge in [0.1, 0.15) is 17.2 Å². The van der Waals surface area contributed by atoms with Crippen LogP contribution < -0.4 is 14.8 Å². The van der Waals surface area contributed by atoms with Crippen molar-refractivity contribution in [1.29, 1.82) is 0 Å². The van der Waals surface area contributed by atoms with E-state index in [1.165, 1.54) is 0 Å². The molecule has 1 amide bonds. The van der Waals surface area contributed by atoms with Crippen LogP contribution in [0.5, 0.6) is 11.5 Å². The lowest BCUT2D eigenvalue weighted by atomic mass is 10.1. The number of thioether (sulfide) groups is 1. The maximum Gasteiger partial charge on any atom is 0.259 e. The molecule has 0 aliphatic rings. The third-order valence-electron chi connectivity index (χ3n) is 4.99. The zero-order valence-electron chi connectivity index (χ0n) is 18.0. The van der Waals surface area contributed by atoms with Crippen LogP contribution in [-0.4, -0.2) is 36.2 Å². The van der Waals surface area contributed by atoms with Crippen molar-refractivity contribution >= 4 is 23.4 Å². The molecule has 6 nitrogen and oxygen atoms in total. The van der Waals surface area contributed by atoms with Gasteiger partial charge >= 0.3 is 0 Å². The maximum absolute atomic E-state index is 13.3. The van der Waals surface area contributed by atoms with Crippen molar-refractivity contribution < 1.29 is 14.3 Å². The molecule has 0 bridgehead atoms. The van der Waals surface area contributed by atoms with Crippen molar-refractivity contribution in [3.63, 3.8) is 0 Å². The van der Waals surface area contributed by atoms with Gasteiger partial charge in [-0.2, -0.15) is 5.10 Å². The highest BCUT2D eigenvalue weighted by molar-refractivity contribution is 7.98. The zero-order chi connectivity index (χ0) is 22.5. The molecule has 0 aliphatic carbocycles. The van der Waals surface area contributed by atoms with Crippen molar-refractivity contribution in [2.45, 2.75) is 4.90 Å². The van der Waals surface area contributed by atoms with Crippen LogP contribution in [0.1, 0.15) is 10.4 Å². The Balaban J connectivity index is 1.78. The third-order valence-corrected chi connectivity index (χ3v) is 5.73. The second-order valence-corrected chi connectivity index (χ2v) is 7.80. The molecule has 0 atom stereocenters. The van der Waals surface area contributed by atoms with Crippen LogP contribution in [0.15, 0.2) is 83.9 Å². The molecule has 7 heteroatoms. The summed E-state index contributed by atoms with van der Waals surface area (Å²) in [6.45, 7) is 0. The van der Waals surface area contributed by atoms with Crippen molar-refractivity contribution in [3.05, 3.63) is 84.6 Å². The number of aromatic nitrogens is 2. The van der Waals surface area contributed by atoms with Gasteiger partial charge in [0.2, 0.25) is 0 Å². The molecule has 4 rings (SSSR count). The number of carbonyl (C=O) groups excluding carboxylic acids is 1. The molecule has 0 aliphatic heterocycles. The summed E-state index contributed by atoms with van der Waals surface area (Å²) in [5.74, 6) is 0.978. The van der Waals surface area contributed by atoms with Gasteiger partial charge in [0.15, 0.2) is 0 Å². The first-order valence-electron chi connectivity index (χ1n) is 9.96. The molecule has 0 saturated carbocycles. The number of carbonyl (C=O) groups is 1. The monoisotopic (exact) mass is 445 g/mol. The first-order valence-corrected chi connectivity index (χ1v) is 11.2. The average Bonchev–Trinajstić information content (AvgIpc) is 3.30. The molecule has 3 aromatic carbocycles. The van der Waals surface area contributed by atoms with Crippen molar-refractivity contribution in [3.8, 4) is 28.4 Å². The SMILES string of the molecule is COc1ccc(-c2nn(-c3ccccc3)cc2C(=O)Nc2ccc(SC)cc2)c(OC)c1. The Kier molecular flexibility index (Phi) is 6.47. The summed E-state index contributed by atoms with van der Waals surface area (Å²) in [5, 5.41) is 7.71. The number of nitrogens with one attached hydrogen (secondary N) is 1. The number of hydrogen-bond donors (Lipinski definition) is 1. The second kappa shape index (κ2) is 9.62. The first-order chi connectivity index (χ1) is 15.6. The van der Waals surface area contributed by atoms with E-state index in [4.69, 9.17) is 14.6 Å². The zero-order valence-corrected chi connectivity index (χ0v) is 18.8. The number of hydrogen-bond acceptors (Lipinski definition) is 5. The fourth-order valence-corrected chi connectivity index (χ4v) is 3.73. The topological polar surface area (TPSA) is 65.4 Å². The van der Waals surface area contributed by atoms with E-state index in [0.29, 0.717) is 34.0 Å². The molecule has 1 N–H and O–H groups in total. The van der Waals surface area contributed by atoms with E-state index in [-0.39, 0.29) is 5.91 Å². The minimum Gasteiger partial charge on any atom is -0.497 e. The minimum atomic E-state index is -0.253. The quantitative estimate of drug-likeness (QED) is 0.379. The number of nitrogens with zero attached hydrogens (tertiary/aromatic N) is 2. The highest BCUT2D eigenvalue weighted by atomic mass is 32.2. The van der Waals surface area contributed by atoms with E-state index in [2.05, 4.69) is 5.32 Å². The average molecular weight is 446 g/mol. The molecule has 0 fully saturated rings. The fourth-order valence-electron chi connectivity index (χ4n) is 3.32. The van der Waals surface area contributed by atoms with Crippen molar-refractivity contribution in [2.75, 3.05) is 25.8 Å². The summed E-state index contributed by atoms with van der Waals surface area (Å²) in [7, 11) is 3.18. The number of rotatable bonds is 7. The largest absolute Gasteiger partial charge is 0.497 e. The number of ether oxygens (including phenoxy) is 2. The highest BCUT2D eigenvalue weighted by Crippen LogP contribution is 2.35. The summed E-state index contributed by atoms with van der Waals surface area (Å²) in [5.41, 5.74) is 3.22. The Bertz CT molecular complexity index is 1220. The van der Waals surface area contributed by atoms with Crippen LogP contribution in [0.25, 0.3) is 16.9 Å². The van der Waals surface area contributed by atoms with Crippen LogP contribution in [0.2, 0.25) is 0 Å². The molecule has 1 aromatic heterocycles. The van der Waals surface area contributed by atoms with Gasteiger partial charge in [0, 0.05) is 28.4 Å². The van der Waals surface area contributed by atoms with E-state index < -0.39 is 0 Å². The third kappa shape index (κ3) is 4.48. The van der Waals surface area contributed by atoms with Gasteiger partial charge in [-0.25, -0.2) is 4.68 Å². The van der Waals surface area contributed by atoms with Crippen LogP contribution in [-0.2, 0) is 0 Å². The molecular weight excluding hydrogens is 422 g/mol.